The first-order valence-corrected chi connectivity index (χ1v) is 6.03. The van der Waals surface area contributed by atoms with Gasteiger partial charge in [-0.3, -0.25) is 0 Å². The standard InChI is InChI=1S/C9H13FN2O3S/c1-6(5-13)12-16(14,15)9-3-2-7(11)4-8(9)10/h2-4,6,12-13H,5,11H2,1H3/t6-/m1/s1. The highest BCUT2D eigenvalue weighted by Crippen LogP contribution is 2.17. The summed E-state index contributed by atoms with van der Waals surface area (Å²) in [6, 6.07) is 2.62. The lowest BCUT2D eigenvalue weighted by atomic mass is 10.3. The lowest BCUT2D eigenvalue weighted by molar-refractivity contribution is 0.265. The van der Waals surface area contributed by atoms with Crippen molar-refractivity contribution in [2.45, 2.75) is 17.9 Å². The van der Waals surface area contributed by atoms with E-state index in [1.165, 1.54) is 13.0 Å². The van der Waals surface area contributed by atoms with Gasteiger partial charge in [0.25, 0.3) is 0 Å². The van der Waals surface area contributed by atoms with E-state index in [1.54, 1.807) is 0 Å². The molecule has 0 saturated carbocycles. The maximum absolute atomic E-state index is 13.3. The Bertz CT molecular complexity index is 476. The van der Waals surface area contributed by atoms with E-state index in [0.717, 1.165) is 12.1 Å². The lowest BCUT2D eigenvalue weighted by Crippen LogP contribution is -2.35. The lowest BCUT2D eigenvalue weighted by Gasteiger charge is -2.12. The predicted octanol–water partition coefficient (Wildman–Crippen LogP) is 0.0670. The van der Waals surface area contributed by atoms with E-state index in [2.05, 4.69) is 4.72 Å². The summed E-state index contributed by atoms with van der Waals surface area (Å²) in [5.41, 5.74) is 5.45. The number of aliphatic hydroxyl groups is 1. The second-order valence-electron chi connectivity index (χ2n) is 3.39. The number of hydrogen-bond acceptors (Lipinski definition) is 4. The number of anilines is 1. The second kappa shape index (κ2) is 4.77. The summed E-state index contributed by atoms with van der Waals surface area (Å²) in [7, 11) is -3.96. The first kappa shape index (κ1) is 12.9. The van der Waals surface area contributed by atoms with Gasteiger partial charge in [0.2, 0.25) is 10.0 Å². The molecule has 0 saturated heterocycles. The average Bonchev–Trinajstić information content (AvgIpc) is 2.16. The molecule has 1 aromatic rings. The summed E-state index contributed by atoms with van der Waals surface area (Å²) in [4.78, 5) is -0.484. The number of benzene rings is 1. The van der Waals surface area contributed by atoms with Crippen LogP contribution in [0.1, 0.15) is 6.92 Å². The van der Waals surface area contributed by atoms with E-state index in [1.807, 2.05) is 0 Å². The summed E-state index contributed by atoms with van der Waals surface area (Å²) in [5, 5.41) is 8.72. The van der Waals surface area contributed by atoms with Crippen LogP contribution in [0.4, 0.5) is 10.1 Å². The first-order chi connectivity index (χ1) is 7.36. The van der Waals surface area contributed by atoms with Crippen molar-refractivity contribution in [2.75, 3.05) is 12.3 Å². The number of rotatable bonds is 4. The Kier molecular flexibility index (Phi) is 3.84. The van der Waals surface area contributed by atoms with Crippen LogP contribution in [0.2, 0.25) is 0 Å². The molecule has 0 aromatic heterocycles. The molecule has 0 radical (unpaired) electrons. The molecule has 16 heavy (non-hydrogen) atoms. The van der Waals surface area contributed by atoms with Gasteiger partial charge < -0.3 is 10.8 Å². The first-order valence-electron chi connectivity index (χ1n) is 4.55. The molecule has 1 atom stereocenters. The van der Waals surface area contributed by atoms with E-state index < -0.39 is 26.8 Å². The maximum Gasteiger partial charge on any atom is 0.243 e. The monoisotopic (exact) mass is 248 g/mol. The van der Waals surface area contributed by atoms with Crippen molar-refractivity contribution < 1.29 is 17.9 Å². The molecule has 0 spiro atoms. The smallest absolute Gasteiger partial charge is 0.243 e. The number of sulfonamides is 1. The van der Waals surface area contributed by atoms with Crippen LogP contribution in [0.15, 0.2) is 23.1 Å². The summed E-state index contributed by atoms with van der Waals surface area (Å²) in [5.74, 6) is -0.919. The van der Waals surface area contributed by atoms with Gasteiger partial charge in [-0.1, -0.05) is 0 Å². The number of nitrogens with one attached hydrogen (secondary N) is 1. The number of nitrogen functional groups attached to an aromatic ring is 1. The minimum Gasteiger partial charge on any atom is -0.399 e. The Balaban J connectivity index is 3.08. The van der Waals surface area contributed by atoms with Crippen molar-refractivity contribution in [2.24, 2.45) is 0 Å². The fraction of sp³-hybridized carbons (Fsp3) is 0.333. The summed E-state index contributed by atoms with van der Waals surface area (Å²) in [6.45, 7) is 1.10. The molecule has 7 heteroatoms. The van der Waals surface area contributed by atoms with Gasteiger partial charge in [-0.25, -0.2) is 17.5 Å². The number of nitrogens with two attached hydrogens (primary N) is 1. The number of aliphatic hydroxyl groups excluding tert-OH is 1. The Morgan fingerprint density at radius 1 is 1.56 bits per heavy atom. The summed E-state index contributed by atoms with van der Waals surface area (Å²) < 4.78 is 38.7. The molecule has 4 N–H and O–H groups in total. The predicted molar refractivity (Wildman–Crippen MR) is 57.7 cm³/mol. The SMILES string of the molecule is C[C@H](CO)NS(=O)(=O)c1ccc(N)cc1F. The molecular weight excluding hydrogens is 235 g/mol. The van der Waals surface area contributed by atoms with Crippen molar-refractivity contribution in [3.8, 4) is 0 Å². The quantitative estimate of drug-likeness (QED) is 0.657. The molecule has 0 bridgehead atoms. The zero-order chi connectivity index (χ0) is 12.3. The number of halogens is 1. The highest BCUT2D eigenvalue weighted by molar-refractivity contribution is 7.89. The van der Waals surface area contributed by atoms with Gasteiger partial charge >= 0.3 is 0 Å². The minimum atomic E-state index is -3.96. The molecule has 0 fully saturated rings. The van der Waals surface area contributed by atoms with Crippen LogP contribution in [0.5, 0.6) is 0 Å². The van der Waals surface area contributed by atoms with Gasteiger partial charge in [-0.05, 0) is 25.1 Å². The summed E-state index contributed by atoms with van der Waals surface area (Å²) in [6.07, 6.45) is 0. The van der Waals surface area contributed by atoms with Crippen molar-refractivity contribution >= 4 is 15.7 Å². The second-order valence-corrected chi connectivity index (χ2v) is 5.08. The molecule has 0 heterocycles. The van der Waals surface area contributed by atoms with Gasteiger partial charge in [0.1, 0.15) is 10.7 Å². The Morgan fingerprint density at radius 3 is 2.69 bits per heavy atom. The van der Waals surface area contributed by atoms with E-state index in [9.17, 15) is 12.8 Å². The van der Waals surface area contributed by atoms with Crippen LogP contribution in [0.25, 0.3) is 0 Å². The molecule has 0 unspecified atom stereocenters. The molecular formula is C9H13FN2O3S. The normalized spacial score (nSPS) is 13.7. The van der Waals surface area contributed by atoms with Crippen LogP contribution in [0.3, 0.4) is 0 Å². The van der Waals surface area contributed by atoms with Crippen LogP contribution in [-0.2, 0) is 10.0 Å². The molecule has 0 aliphatic heterocycles. The van der Waals surface area contributed by atoms with Crippen LogP contribution < -0.4 is 10.5 Å². The maximum atomic E-state index is 13.3. The molecule has 0 aliphatic carbocycles. The van der Waals surface area contributed by atoms with Crippen molar-refractivity contribution in [1.82, 2.24) is 4.72 Å². The van der Waals surface area contributed by atoms with Gasteiger partial charge in [0.15, 0.2) is 0 Å². The van der Waals surface area contributed by atoms with Gasteiger partial charge in [0.05, 0.1) is 6.61 Å². The van der Waals surface area contributed by atoms with E-state index in [4.69, 9.17) is 10.8 Å². The topological polar surface area (TPSA) is 92.4 Å². The molecule has 1 rings (SSSR count). The van der Waals surface area contributed by atoms with Gasteiger partial charge in [-0.2, -0.15) is 0 Å². The van der Waals surface area contributed by atoms with Crippen molar-refractivity contribution in [3.63, 3.8) is 0 Å². The van der Waals surface area contributed by atoms with E-state index in [-0.39, 0.29) is 12.3 Å². The third-order valence-corrected chi connectivity index (χ3v) is 3.50. The zero-order valence-electron chi connectivity index (χ0n) is 8.64. The fourth-order valence-electron chi connectivity index (χ4n) is 1.10. The molecule has 5 nitrogen and oxygen atoms in total. The minimum absolute atomic E-state index is 0.145. The van der Waals surface area contributed by atoms with Crippen LogP contribution >= 0.6 is 0 Å². The largest absolute Gasteiger partial charge is 0.399 e. The van der Waals surface area contributed by atoms with Gasteiger partial charge in [-0.15, -0.1) is 0 Å². The Labute approximate surface area is 93.1 Å². The third kappa shape index (κ3) is 2.91. The highest BCUT2D eigenvalue weighted by Gasteiger charge is 2.20. The molecule has 0 amide bonds. The average molecular weight is 248 g/mol. The third-order valence-electron chi connectivity index (χ3n) is 1.88. The van der Waals surface area contributed by atoms with Crippen LogP contribution in [-0.4, -0.2) is 26.2 Å². The van der Waals surface area contributed by atoms with Crippen molar-refractivity contribution in [3.05, 3.63) is 24.0 Å². The van der Waals surface area contributed by atoms with Crippen LogP contribution in [0, 0.1) is 5.82 Å². The molecule has 1 aromatic carbocycles. The zero-order valence-corrected chi connectivity index (χ0v) is 9.46. The Hall–Kier alpha value is -1.18. The summed E-state index contributed by atoms with van der Waals surface area (Å²) >= 11 is 0. The highest BCUT2D eigenvalue weighted by atomic mass is 32.2. The van der Waals surface area contributed by atoms with E-state index >= 15 is 0 Å². The molecule has 90 valence electrons. The van der Waals surface area contributed by atoms with Gasteiger partial charge in [0, 0.05) is 11.7 Å². The Morgan fingerprint density at radius 2 is 2.19 bits per heavy atom. The van der Waals surface area contributed by atoms with Crippen molar-refractivity contribution in [1.29, 1.82) is 0 Å². The fourth-order valence-corrected chi connectivity index (χ4v) is 2.39. The number of hydrogen-bond donors (Lipinski definition) is 3. The van der Waals surface area contributed by atoms with E-state index in [0.29, 0.717) is 0 Å². The molecule has 0 aliphatic rings.